The number of carbonyl (C=O) groups excluding carboxylic acids is 1. The number of amides is 1. The SMILES string of the molecule is C[C@H](NS(=O)(=O)c1ccc(OCC(=O)N[C@H](C)c2cccc(Br)c2)cc1)c1ccccc1. The third-order valence-corrected chi connectivity index (χ3v) is 6.91. The lowest BCUT2D eigenvalue weighted by Crippen LogP contribution is -2.31. The Morgan fingerprint density at radius 3 is 2.22 bits per heavy atom. The maximum absolute atomic E-state index is 12.7. The van der Waals surface area contributed by atoms with E-state index >= 15 is 0 Å². The van der Waals surface area contributed by atoms with Gasteiger partial charge in [0.2, 0.25) is 10.0 Å². The van der Waals surface area contributed by atoms with Crippen LogP contribution in [0.25, 0.3) is 0 Å². The minimum Gasteiger partial charge on any atom is -0.484 e. The van der Waals surface area contributed by atoms with Crippen molar-refractivity contribution in [3.8, 4) is 5.75 Å². The second-order valence-corrected chi connectivity index (χ2v) is 9.99. The molecule has 0 aromatic heterocycles. The number of hydrogen-bond acceptors (Lipinski definition) is 4. The lowest BCUT2D eigenvalue weighted by atomic mass is 10.1. The normalized spacial score (nSPS) is 13.2. The average Bonchev–Trinajstić information content (AvgIpc) is 2.78. The van der Waals surface area contributed by atoms with E-state index in [1.54, 1.807) is 6.92 Å². The van der Waals surface area contributed by atoms with Crippen LogP contribution in [0.1, 0.15) is 37.1 Å². The van der Waals surface area contributed by atoms with Crippen molar-refractivity contribution in [3.63, 3.8) is 0 Å². The number of hydrogen-bond donors (Lipinski definition) is 2. The maximum atomic E-state index is 12.7. The first-order valence-corrected chi connectivity index (χ1v) is 12.4. The number of halogens is 1. The van der Waals surface area contributed by atoms with Crippen LogP contribution in [0.4, 0.5) is 0 Å². The Morgan fingerprint density at radius 2 is 1.56 bits per heavy atom. The van der Waals surface area contributed by atoms with Gasteiger partial charge in [-0.05, 0) is 61.4 Å². The number of benzene rings is 3. The van der Waals surface area contributed by atoms with Crippen LogP contribution in [0.3, 0.4) is 0 Å². The number of nitrogens with one attached hydrogen (secondary N) is 2. The van der Waals surface area contributed by atoms with E-state index < -0.39 is 10.0 Å². The summed E-state index contributed by atoms with van der Waals surface area (Å²) in [6, 6.07) is 22.5. The van der Waals surface area contributed by atoms with E-state index in [4.69, 9.17) is 4.74 Å². The van der Waals surface area contributed by atoms with E-state index in [9.17, 15) is 13.2 Å². The zero-order chi connectivity index (χ0) is 23.1. The molecule has 3 aromatic carbocycles. The molecule has 3 rings (SSSR count). The van der Waals surface area contributed by atoms with Crippen LogP contribution in [0.5, 0.6) is 5.75 Å². The van der Waals surface area contributed by atoms with Crippen LogP contribution in [-0.4, -0.2) is 20.9 Å². The van der Waals surface area contributed by atoms with Gasteiger partial charge >= 0.3 is 0 Å². The van der Waals surface area contributed by atoms with E-state index in [0.717, 1.165) is 15.6 Å². The Kier molecular flexibility index (Phi) is 8.06. The minimum absolute atomic E-state index is 0.125. The lowest BCUT2D eigenvalue weighted by molar-refractivity contribution is -0.123. The molecule has 0 saturated heterocycles. The van der Waals surface area contributed by atoms with Crippen LogP contribution in [0, 0.1) is 0 Å². The third kappa shape index (κ3) is 6.66. The second kappa shape index (κ2) is 10.8. The molecule has 0 aliphatic heterocycles. The molecule has 0 aliphatic carbocycles. The molecule has 0 radical (unpaired) electrons. The van der Waals surface area contributed by atoms with Gasteiger partial charge in [0.1, 0.15) is 5.75 Å². The molecule has 6 nitrogen and oxygen atoms in total. The summed E-state index contributed by atoms with van der Waals surface area (Å²) in [5.41, 5.74) is 1.85. The van der Waals surface area contributed by atoms with E-state index in [0.29, 0.717) is 5.75 Å². The molecule has 0 unspecified atom stereocenters. The van der Waals surface area contributed by atoms with Crippen LogP contribution >= 0.6 is 15.9 Å². The fraction of sp³-hybridized carbons (Fsp3) is 0.208. The largest absolute Gasteiger partial charge is 0.484 e. The van der Waals surface area contributed by atoms with E-state index in [2.05, 4.69) is 26.0 Å². The van der Waals surface area contributed by atoms with E-state index in [1.165, 1.54) is 24.3 Å². The average molecular weight is 517 g/mol. The molecular formula is C24H25BrN2O4S. The topological polar surface area (TPSA) is 84.5 Å². The molecule has 0 bridgehead atoms. The molecule has 2 atom stereocenters. The van der Waals surface area contributed by atoms with Crippen molar-refractivity contribution in [2.75, 3.05) is 6.61 Å². The van der Waals surface area contributed by atoms with Crippen LogP contribution < -0.4 is 14.8 Å². The number of rotatable bonds is 9. The molecule has 0 saturated carbocycles. The van der Waals surface area contributed by atoms with Gasteiger partial charge in [-0.2, -0.15) is 0 Å². The highest BCUT2D eigenvalue weighted by molar-refractivity contribution is 9.10. The summed E-state index contributed by atoms with van der Waals surface area (Å²) < 4.78 is 34.4. The minimum atomic E-state index is -3.69. The quantitative estimate of drug-likeness (QED) is 0.429. The summed E-state index contributed by atoms with van der Waals surface area (Å²) in [5, 5.41) is 2.88. The Labute approximate surface area is 197 Å². The Morgan fingerprint density at radius 1 is 0.906 bits per heavy atom. The smallest absolute Gasteiger partial charge is 0.258 e. The fourth-order valence-corrected chi connectivity index (χ4v) is 4.77. The highest BCUT2D eigenvalue weighted by atomic mass is 79.9. The predicted molar refractivity (Wildman–Crippen MR) is 128 cm³/mol. The van der Waals surface area contributed by atoms with Crippen molar-refractivity contribution < 1.29 is 17.9 Å². The Bertz CT molecular complexity index is 1150. The first-order chi connectivity index (χ1) is 15.2. The molecule has 0 fully saturated rings. The fourth-order valence-electron chi connectivity index (χ4n) is 3.12. The monoisotopic (exact) mass is 516 g/mol. The van der Waals surface area contributed by atoms with Gasteiger partial charge in [0.25, 0.3) is 5.91 Å². The van der Waals surface area contributed by atoms with Crippen molar-refractivity contribution in [2.24, 2.45) is 0 Å². The zero-order valence-electron chi connectivity index (χ0n) is 17.8. The predicted octanol–water partition coefficient (Wildman–Crippen LogP) is 4.74. The summed E-state index contributed by atoms with van der Waals surface area (Å²) in [6.07, 6.45) is 0. The first kappa shape index (κ1) is 24.0. The van der Waals surface area contributed by atoms with Gasteiger partial charge < -0.3 is 10.1 Å². The van der Waals surface area contributed by atoms with Gasteiger partial charge in [-0.15, -0.1) is 0 Å². The highest BCUT2D eigenvalue weighted by Gasteiger charge is 2.18. The number of sulfonamides is 1. The number of carbonyl (C=O) groups is 1. The molecule has 0 spiro atoms. The zero-order valence-corrected chi connectivity index (χ0v) is 20.2. The van der Waals surface area contributed by atoms with Crippen LogP contribution in [0.2, 0.25) is 0 Å². The molecule has 2 N–H and O–H groups in total. The third-order valence-electron chi connectivity index (χ3n) is 4.86. The van der Waals surface area contributed by atoms with Crippen molar-refractivity contribution in [2.45, 2.75) is 30.8 Å². The first-order valence-electron chi connectivity index (χ1n) is 10.1. The molecule has 32 heavy (non-hydrogen) atoms. The summed E-state index contributed by atoms with van der Waals surface area (Å²) in [4.78, 5) is 12.3. The van der Waals surface area contributed by atoms with Gasteiger partial charge in [0.05, 0.1) is 10.9 Å². The van der Waals surface area contributed by atoms with Gasteiger partial charge in [0, 0.05) is 10.5 Å². The Hall–Kier alpha value is -2.68. The standard InChI is InChI=1S/C24H25BrN2O4S/c1-17(20-9-6-10-21(25)15-20)26-24(28)16-31-22-11-13-23(14-12-22)32(29,30)27-18(2)19-7-4-3-5-8-19/h3-15,17-18,27H,16H2,1-2H3,(H,26,28)/t17-,18+/m1/s1. The molecule has 168 valence electrons. The summed E-state index contributed by atoms with van der Waals surface area (Å²) in [5.74, 6) is 0.137. The second-order valence-electron chi connectivity index (χ2n) is 7.36. The molecular weight excluding hydrogens is 492 g/mol. The lowest BCUT2D eigenvalue weighted by Gasteiger charge is -2.16. The summed E-state index contributed by atoms with van der Waals surface area (Å²) >= 11 is 3.42. The summed E-state index contributed by atoms with van der Waals surface area (Å²) in [7, 11) is -3.69. The molecule has 1 amide bonds. The summed E-state index contributed by atoms with van der Waals surface area (Å²) in [6.45, 7) is 3.51. The maximum Gasteiger partial charge on any atom is 0.258 e. The molecule has 0 aliphatic rings. The van der Waals surface area contributed by atoms with E-state index in [1.807, 2.05) is 61.5 Å². The molecule has 0 heterocycles. The van der Waals surface area contributed by atoms with Crippen molar-refractivity contribution in [3.05, 3.63) is 94.5 Å². The van der Waals surface area contributed by atoms with Gasteiger partial charge in [0.15, 0.2) is 6.61 Å². The highest BCUT2D eigenvalue weighted by Crippen LogP contribution is 2.20. The van der Waals surface area contributed by atoms with Crippen molar-refractivity contribution >= 4 is 31.9 Å². The van der Waals surface area contributed by atoms with E-state index in [-0.39, 0.29) is 29.5 Å². The van der Waals surface area contributed by atoms with Gasteiger partial charge in [-0.3, -0.25) is 4.79 Å². The molecule has 8 heteroatoms. The van der Waals surface area contributed by atoms with Crippen LogP contribution in [0.15, 0.2) is 88.2 Å². The molecule has 3 aromatic rings. The van der Waals surface area contributed by atoms with Gasteiger partial charge in [-0.1, -0.05) is 58.4 Å². The number of ether oxygens (including phenoxy) is 1. The van der Waals surface area contributed by atoms with Crippen molar-refractivity contribution in [1.82, 2.24) is 10.0 Å². The Balaban J connectivity index is 1.54. The van der Waals surface area contributed by atoms with Crippen molar-refractivity contribution in [1.29, 1.82) is 0 Å². The van der Waals surface area contributed by atoms with Crippen LogP contribution in [-0.2, 0) is 14.8 Å². The van der Waals surface area contributed by atoms with Gasteiger partial charge in [-0.25, -0.2) is 13.1 Å².